The summed E-state index contributed by atoms with van der Waals surface area (Å²) in [6, 6.07) is 0.524. The number of hydrogen-bond donors (Lipinski definition) is 1. The van der Waals surface area contributed by atoms with Crippen molar-refractivity contribution in [1.82, 2.24) is 4.31 Å². The minimum absolute atomic E-state index is 0.109. The fraction of sp³-hybridized carbons (Fsp3) is 0.500. The number of nitrogens with zero attached hydrogens (tertiary/aromatic N) is 1. The first-order valence-corrected chi connectivity index (χ1v) is 7.98. The lowest BCUT2D eigenvalue weighted by molar-refractivity contribution is -0.140. The molecule has 2 rings (SSSR count). The molecule has 0 saturated carbocycles. The third-order valence-electron chi connectivity index (χ3n) is 2.89. The Labute approximate surface area is 114 Å². The Morgan fingerprint density at radius 2 is 2.28 bits per heavy atom. The number of thiophene rings is 1. The van der Waals surface area contributed by atoms with E-state index < -0.39 is 22.0 Å². The van der Waals surface area contributed by atoms with Gasteiger partial charge in [0.2, 0.25) is 0 Å². The van der Waals surface area contributed by atoms with Gasteiger partial charge in [0.05, 0.1) is 4.34 Å². The van der Waals surface area contributed by atoms with E-state index in [2.05, 4.69) is 0 Å². The zero-order chi connectivity index (χ0) is 13.5. The highest BCUT2D eigenvalue weighted by Gasteiger charge is 2.40. The van der Waals surface area contributed by atoms with E-state index in [0.717, 1.165) is 15.6 Å². The summed E-state index contributed by atoms with van der Waals surface area (Å²) < 4.78 is 26.2. The molecule has 1 aliphatic heterocycles. The lowest BCUT2D eigenvalue weighted by Gasteiger charge is -2.19. The van der Waals surface area contributed by atoms with E-state index >= 15 is 0 Å². The molecule has 8 heteroatoms. The summed E-state index contributed by atoms with van der Waals surface area (Å²) in [6.45, 7) is 1.96. The third-order valence-corrected chi connectivity index (χ3v) is 6.80. The summed E-state index contributed by atoms with van der Waals surface area (Å²) in [7, 11) is -3.75. The highest BCUT2D eigenvalue weighted by Crippen LogP contribution is 2.34. The van der Waals surface area contributed by atoms with Crippen LogP contribution in [-0.4, -0.2) is 36.4 Å². The molecule has 1 aromatic heterocycles. The summed E-state index contributed by atoms with van der Waals surface area (Å²) in [4.78, 5) is 11.0. The first-order valence-electron chi connectivity index (χ1n) is 5.34. The van der Waals surface area contributed by atoms with Crippen molar-refractivity contribution >= 4 is 38.9 Å². The number of aryl methyl sites for hydroxylation is 1. The van der Waals surface area contributed by atoms with Crippen LogP contribution in [0.3, 0.4) is 0 Å². The Morgan fingerprint density at radius 1 is 1.61 bits per heavy atom. The first-order chi connectivity index (χ1) is 8.34. The molecule has 5 nitrogen and oxygen atoms in total. The molecular formula is C10H12ClNO4S2. The molecule has 0 amide bonds. The molecule has 1 fully saturated rings. The average Bonchev–Trinajstić information content (AvgIpc) is 2.87. The fourth-order valence-electron chi connectivity index (χ4n) is 1.95. The molecule has 1 N–H and O–H groups in total. The van der Waals surface area contributed by atoms with E-state index in [1.165, 1.54) is 6.07 Å². The second-order valence-electron chi connectivity index (χ2n) is 4.13. The highest BCUT2D eigenvalue weighted by atomic mass is 35.5. The SMILES string of the molecule is Cc1cc(S(=O)(=O)N2CCCC2C(=O)O)sc1Cl. The average molecular weight is 310 g/mol. The largest absolute Gasteiger partial charge is 0.480 e. The lowest BCUT2D eigenvalue weighted by atomic mass is 10.2. The van der Waals surface area contributed by atoms with Crippen LogP contribution in [0.5, 0.6) is 0 Å². The summed E-state index contributed by atoms with van der Waals surface area (Å²) in [5.74, 6) is -1.10. The number of aliphatic carboxylic acids is 1. The number of hydrogen-bond acceptors (Lipinski definition) is 4. The molecule has 1 saturated heterocycles. The molecule has 0 bridgehead atoms. The molecule has 18 heavy (non-hydrogen) atoms. The maximum atomic E-state index is 12.3. The topological polar surface area (TPSA) is 74.7 Å². The van der Waals surface area contributed by atoms with Crippen LogP contribution < -0.4 is 0 Å². The predicted molar refractivity (Wildman–Crippen MR) is 68.6 cm³/mol. The number of sulfonamides is 1. The summed E-state index contributed by atoms with van der Waals surface area (Å²) in [5, 5.41) is 9.02. The Hall–Kier alpha value is -0.630. The number of rotatable bonds is 3. The van der Waals surface area contributed by atoms with Crippen LogP contribution in [0, 0.1) is 6.92 Å². The zero-order valence-corrected chi connectivity index (χ0v) is 12.0. The van der Waals surface area contributed by atoms with E-state index in [-0.39, 0.29) is 10.8 Å². The molecule has 1 atom stereocenters. The van der Waals surface area contributed by atoms with Gasteiger partial charge in [0, 0.05) is 6.54 Å². The van der Waals surface area contributed by atoms with Crippen LogP contribution in [0.25, 0.3) is 0 Å². The van der Waals surface area contributed by atoms with Gasteiger partial charge in [0.25, 0.3) is 10.0 Å². The van der Waals surface area contributed by atoms with Gasteiger partial charge in [-0.2, -0.15) is 4.31 Å². The van der Waals surface area contributed by atoms with Gasteiger partial charge in [-0.15, -0.1) is 11.3 Å². The van der Waals surface area contributed by atoms with Gasteiger partial charge in [-0.3, -0.25) is 4.79 Å². The summed E-state index contributed by atoms with van der Waals surface area (Å²) in [6.07, 6.45) is 0.918. The van der Waals surface area contributed by atoms with E-state index in [1.54, 1.807) is 6.92 Å². The van der Waals surface area contributed by atoms with Crippen molar-refractivity contribution in [1.29, 1.82) is 0 Å². The second-order valence-corrected chi connectivity index (χ2v) is 7.91. The van der Waals surface area contributed by atoms with Crippen LogP contribution in [0.4, 0.5) is 0 Å². The van der Waals surface area contributed by atoms with Crippen molar-refractivity contribution in [2.24, 2.45) is 0 Å². The predicted octanol–water partition coefficient (Wildman–Crippen LogP) is 1.95. The van der Waals surface area contributed by atoms with Crippen molar-refractivity contribution in [3.63, 3.8) is 0 Å². The van der Waals surface area contributed by atoms with Gasteiger partial charge in [0.1, 0.15) is 10.3 Å². The third kappa shape index (κ3) is 2.27. The molecular weight excluding hydrogens is 298 g/mol. The standard InChI is InChI=1S/C10H12ClNO4S2/c1-6-5-8(17-9(6)11)18(15,16)12-4-2-3-7(12)10(13)14/h5,7H,2-4H2,1H3,(H,13,14). The van der Waals surface area contributed by atoms with Crippen LogP contribution in [-0.2, 0) is 14.8 Å². The lowest BCUT2D eigenvalue weighted by Crippen LogP contribution is -2.40. The van der Waals surface area contributed by atoms with Gasteiger partial charge < -0.3 is 5.11 Å². The molecule has 100 valence electrons. The summed E-state index contributed by atoms with van der Waals surface area (Å²) in [5.41, 5.74) is 0.686. The Kier molecular flexibility index (Phi) is 3.68. The van der Waals surface area contributed by atoms with Crippen LogP contribution in [0.1, 0.15) is 18.4 Å². The smallest absolute Gasteiger partial charge is 0.322 e. The van der Waals surface area contributed by atoms with Gasteiger partial charge in [0.15, 0.2) is 0 Å². The molecule has 2 heterocycles. The molecule has 0 aromatic carbocycles. The van der Waals surface area contributed by atoms with Gasteiger partial charge in [-0.25, -0.2) is 8.42 Å². The zero-order valence-electron chi connectivity index (χ0n) is 9.59. The van der Waals surface area contributed by atoms with E-state index in [0.29, 0.717) is 22.7 Å². The van der Waals surface area contributed by atoms with E-state index in [9.17, 15) is 13.2 Å². The Bertz CT molecular complexity index is 561. The number of carboxylic acids is 1. The Balaban J connectivity index is 2.39. The van der Waals surface area contributed by atoms with Gasteiger partial charge in [-0.05, 0) is 31.4 Å². The molecule has 1 aromatic rings. The van der Waals surface area contributed by atoms with Crippen molar-refractivity contribution in [3.8, 4) is 0 Å². The van der Waals surface area contributed by atoms with Crippen LogP contribution in [0.15, 0.2) is 10.3 Å². The van der Waals surface area contributed by atoms with Crippen LogP contribution >= 0.6 is 22.9 Å². The molecule has 0 radical (unpaired) electrons. The van der Waals surface area contributed by atoms with Gasteiger partial charge in [-0.1, -0.05) is 11.6 Å². The highest BCUT2D eigenvalue weighted by molar-refractivity contribution is 7.91. The van der Waals surface area contributed by atoms with E-state index in [1.807, 2.05) is 0 Å². The maximum Gasteiger partial charge on any atom is 0.322 e. The first kappa shape index (κ1) is 13.8. The van der Waals surface area contributed by atoms with E-state index in [4.69, 9.17) is 16.7 Å². The van der Waals surface area contributed by atoms with Crippen molar-refractivity contribution < 1.29 is 18.3 Å². The second kappa shape index (κ2) is 4.80. The quantitative estimate of drug-likeness (QED) is 0.926. The van der Waals surface area contributed by atoms with Gasteiger partial charge >= 0.3 is 5.97 Å². The minimum Gasteiger partial charge on any atom is -0.480 e. The number of carbonyl (C=O) groups is 1. The molecule has 0 aliphatic carbocycles. The van der Waals surface area contributed by atoms with Crippen molar-refractivity contribution in [2.45, 2.75) is 30.0 Å². The maximum absolute atomic E-state index is 12.3. The van der Waals surface area contributed by atoms with Crippen molar-refractivity contribution in [3.05, 3.63) is 16.0 Å². The molecule has 1 unspecified atom stereocenters. The number of carboxylic acid groups (broad SMARTS) is 1. The summed E-state index contributed by atoms with van der Waals surface area (Å²) >= 11 is 6.83. The minimum atomic E-state index is -3.75. The fourth-order valence-corrected chi connectivity index (χ4v) is 5.44. The molecule has 0 spiro atoms. The number of halogens is 1. The monoisotopic (exact) mass is 309 g/mol. The van der Waals surface area contributed by atoms with Crippen molar-refractivity contribution in [2.75, 3.05) is 6.54 Å². The van der Waals surface area contributed by atoms with Crippen LogP contribution in [0.2, 0.25) is 4.34 Å². The normalized spacial score (nSPS) is 21.3. The molecule has 1 aliphatic rings. The Morgan fingerprint density at radius 3 is 2.78 bits per heavy atom.